The highest BCUT2D eigenvalue weighted by molar-refractivity contribution is 5.70. The molecule has 1 atom stereocenters. The van der Waals surface area contributed by atoms with E-state index >= 15 is 0 Å². The van der Waals surface area contributed by atoms with Crippen LogP contribution >= 0.6 is 0 Å². The van der Waals surface area contributed by atoms with Crippen LogP contribution in [-0.4, -0.2) is 44.8 Å². The van der Waals surface area contributed by atoms with Crippen LogP contribution in [0.2, 0.25) is 0 Å². The van der Waals surface area contributed by atoms with Gasteiger partial charge in [0.1, 0.15) is 0 Å². The zero-order valence-electron chi connectivity index (χ0n) is 16.4. The number of likely N-dealkylation sites (tertiary alicyclic amines) is 1. The van der Waals surface area contributed by atoms with Gasteiger partial charge in [-0.05, 0) is 58.3 Å². The highest BCUT2D eigenvalue weighted by Crippen LogP contribution is 2.26. The van der Waals surface area contributed by atoms with E-state index in [1.807, 2.05) is 20.0 Å². The summed E-state index contributed by atoms with van der Waals surface area (Å²) in [6, 6.07) is 10.6. The lowest BCUT2D eigenvalue weighted by molar-refractivity contribution is 0.191. The minimum absolute atomic E-state index is 0.688. The van der Waals surface area contributed by atoms with Gasteiger partial charge in [0, 0.05) is 36.6 Å². The van der Waals surface area contributed by atoms with E-state index in [0.717, 1.165) is 47.0 Å². The summed E-state index contributed by atoms with van der Waals surface area (Å²) < 4.78 is 2.10. The van der Waals surface area contributed by atoms with Gasteiger partial charge in [0.05, 0.1) is 22.8 Å². The average Bonchev–Trinajstić information content (AvgIpc) is 3.12. The van der Waals surface area contributed by atoms with Crippen LogP contribution in [0, 0.1) is 19.8 Å². The van der Waals surface area contributed by atoms with Crippen molar-refractivity contribution in [3.05, 3.63) is 54.1 Å². The van der Waals surface area contributed by atoms with Crippen LogP contribution in [0.1, 0.15) is 24.2 Å². The van der Waals surface area contributed by atoms with Crippen molar-refractivity contribution in [1.29, 1.82) is 0 Å². The second-order valence-corrected chi connectivity index (χ2v) is 7.72. The predicted octanol–water partition coefficient (Wildman–Crippen LogP) is 3.97. The van der Waals surface area contributed by atoms with Gasteiger partial charge in [-0.1, -0.05) is 18.2 Å². The highest BCUT2D eigenvalue weighted by Gasteiger charge is 2.18. The summed E-state index contributed by atoms with van der Waals surface area (Å²) >= 11 is 0. The minimum Gasteiger partial charge on any atom is -0.306 e. The molecule has 4 rings (SSSR count). The number of hydrogen-bond donors (Lipinski definition) is 0. The number of hydrogen-bond acceptors (Lipinski definition) is 4. The third kappa shape index (κ3) is 4.08. The normalized spacial score (nSPS) is 18.0. The Hall–Kier alpha value is -2.53. The minimum atomic E-state index is 0.688. The molecule has 0 radical (unpaired) electrons. The molecule has 5 heteroatoms. The molecule has 0 N–H and O–H groups in total. The van der Waals surface area contributed by atoms with E-state index in [1.54, 1.807) is 0 Å². The highest BCUT2D eigenvalue weighted by atomic mass is 15.3. The van der Waals surface area contributed by atoms with Crippen LogP contribution in [0.25, 0.3) is 22.5 Å². The molecule has 1 fully saturated rings. The lowest BCUT2D eigenvalue weighted by Crippen LogP contribution is -2.34. The van der Waals surface area contributed by atoms with Crippen molar-refractivity contribution in [2.24, 2.45) is 5.92 Å². The predicted molar refractivity (Wildman–Crippen MR) is 108 cm³/mol. The molecular formula is C22H27N5. The van der Waals surface area contributed by atoms with Gasteiger partial charge in [0.25, 0.3) is 0 Å². The topological polar surface area (TPSA) is 46.8 Å². The molecule has 0 spiro atoms. The lowest BCUT2D eigenvalue weighted by atomic mass is 9.99. The van der Waals surface area contributed by atoms with Gasteiger partial charge in [0.2, 0.25) is 0 Å². The molecule has 3 heterocycles. The summed E-state index contributed by atoms with van der Waals surface area (Å²) in [4.78, 5) is 11.5. The summed E-state index contributed by atoms with van der Waals surface area (Å²) in [6.45, 7) is 7.35. The molecule has 1 aromatic carbocycles. The molecule has 0 amide bonds. The SMILES string of the molecule is Cc1cnc(C)c(-c2cccc(-c3ccn(C[C@H]4CCCN(C)C4)n3)c2)n1. The molecule has 27 heavy (non-hydrogen) atoms. The summed E-state index contributed by atoms with van der Waals surface area (Å²) in [7, 11) is 2.21. The molecule has 5 nitrogen and oxygen atoms in total. The first-order chi connectivity index (χ1) is 13.1. The van der Waals surface area contributed by atoms with Gasteiger partial charge in [0.15, 0.2) is 0 Å². The second-order valence-electron chi connectivity index (χ2n) is 7.72. The van der Waals surface area contributed by atoms with Crippen molar-refractivity contribution in [1.82, 2.24) is 24.6 Å². The monoisotopic (exact) mass is 361 g/mol. The zero-order valence-corrected chi connectivity index (χ0v) is 16.4. The van der Waals surface area contributed by atoms with Crippen LogP contribution in [0.4, 0.5) is 0 Å². The molecule has 140 valence electrons. The second kappa shape index (κ2) is 7.61. The number of piperidine rings is 1. The zero-order chi connectivity index (χ0) is 18.8. The van der Waals surface area contributed by atoms with Crippen LogP contribution in [0.15, 0.2) is 42.7 Å². The standard InChI is InChI=1S/C22H27N5/c1-16-13-23-17(2)22(24-16)20-8-4-7-19(12-20)21-9-11-27(25-21)15-18-6-5-10-26(3)14-18/h4,7-9,11-13,18H,5-6,10,14-15H2,1-3H3/t18-/m0/s1. The van der Waals surface area contributed by atoms with Crippen molar-refractivity contribution in [3.8, 4) is 22.5 Å². The third-order valence-corrected chi connectivity index (χ3v) is 5.32. The first-order valence-corrected chi connectivity index (χ1v) is 9.71. The summed E-state index contributed by atoms with van der Waals surface area (Å²) in [5.74, 6) is 0.688. The fraction of sp³-hybridized carbons (Fsp3) is 0.409. The van der Waals surface area contributed by atoms with E-state index in [1.165, 1.54) is 19.4 Å². The number of benzene rings is 1. The van der Waals surface area contributed by atoms with E-state index in [-0.39, 0.29) is 0 Å². The fourth-order valence-electron chi connectivity index (χ4n) is 3.94. The van der Waals surface area contributed by atoms with Crippen molar-refractivity contribution in [2.45, 2.75) is 33.2 Å². The van der Waals surface area contributed by atoms with Crippen molar-refractivity contribution in [2.75, 3.05) is 20.1 Å². The number of rotatable bonds is 4. The van der Waals surface area contributed by atoms with Crippen LogP contribution in [0.3, 0.4) is 0 Å². The molecule has 2 aromatic heterocycles. The smallest absolute Gasteiger partial charge is 0.0923 e. The molecule has 1 aliphatic heterocycles. The Kier molecular flexibility index (Phi) is 5.03. The van der Waals surface area contributed by atoms with Crippen LogP contribution < -0.4 is 0 Å². The van der Waals surface area contributed by atoms with Gasteiger partial charge >= 0.3 is 0 Å². The summed E-state index contributed by atoms with van der Waals surface area (Å²) in [6.07, 6.45) is 6.50. The molecule has 1 aliphatic rings. The van der Waals surface area contributed by atoms with Crippen molar-refractivity contribution in [3.63, 3.8) is 0 Å². The van der Waals surface area contributed by atoms with E-state index in [4.69, 9.17) is 5.10 Å². The quantitative estimate of drug-likeness (QED) is 0.705. The number of aromatic nitrogens is 4. The Labute approximate surface area is 161 Å². The molecule has 1 saturated heterocycles. The first kappa shape index (κ1) is 17.9. The van der Waals surface area contributed by atoms with Crippen LogP contribution in [-0.2, 0) is 6.54 Å². The third-order valence-electron chi connectivity index (χ3n) is 5.32. The first-order valence-electron chi connectivity index (χ1n) is 9.71. The average molecular weight is 361 g/mol. The Morgan fingerprint density at radius 1 is 1.15 bits per heavy atom. The maximum absolute atomic E-state index is 4.84. The maximum atomic E-state index is 4.84. The number of aryl methyl sites for hydroxylation is 2. The number of nitrogens with zero attached hydrogens (tertiary/aromatic N) is 5. The maximum Gasteiger partial charge on any atom is 0.0923 e. The lowest BCUT2D eigenvalue weighted by Gasteiger charge is -2.29. The molecule has 0 bridgehead atoms. The molecule has 0 saturated carbocycles. The Balaban J connectivity index is 1.56. The van der Waals surface area contributed by atoms with Crippen molar-refractivity contribution >= 4 is 0 Å². The van der Waals surface area contributed by atoms with Gasteiger partial charge < -0.3 is 4.90 Å². The Morgan fingerprint density at radius 3 is 2.85 bits per heavy atom. The van der Waals surface area contributed by atoms with E-state index in [0.29, 0.717) is 5.92 Å². The fourth-order valence-corrected chi connectivity index (χ4v) is 3.94. The van der Waals surface area contributed by atoms with Gasteiger partial charge in [-0.2, -0.15) is 5.10 Å². The molecule has 3 aromatic rings. The van der Waals surface area contributed by atoms with E-state index in [9.17, 15) is 0 Å². The van der Waals surface area contributed by atoms with Gasteiger partial charge in [-0.3, -0.25) is 9.67 Å². The Bertz CT molecular complexity index is 930. The largest absolute Gasteiger partial charge is 0.306 e. The van der Waals surface area contributed by atoms with Crippen molar-refractivity contribution < 1.29 is 0 Å². The van der Waals surface area contributed by atoms with E-state index in [2.05, 4.69) is 63.1 Å². The summed E-state index contributed by atoms with van der Waals surface area (Å²) in [5, 5.41) is 4.84. The van der Waals surface area contributed by atoms with Gasteiger partial charge in [-0.25, -0.2) is 4.98 Å². The molecule has 0 unspecified atom stereocenters. The van der Waals surface area contributed by atoms with Crippen LogP contribution in [0.5, 0.6) is 0 Å². The molecular weight excluding hydrogens is 334 g/mol. The van der Waals surface area contributed by atoms with E-state index < -0.39 is 0 Å². The Morgan fingerprint density at radius 2 is 2.00 bits per heavy atom. The van der Waals surface area contributed by atoms with Gasteiger partial charge in [-0.15, -0.1) is 0 Å². The summed E-state index contributed by atoms with van der Waals surface area (Å²) in [5.41, 5.74) is 6.05. The molecule has 0 aliphatic carbocycles.